The van der Waals surface area contributed by atoms with Crippen molar-refractivity contribution >= 4 is 0 Å². The van der Waals surface area contributed by atoms with Gasteiger partial charge in [-0.05, 0) is 29.0 Å². The van der Waals surface area contributed by atoms with Crippen molar-refractivity contribution in [1.29, 1.82) is 0 Å². The molecule has 1 saturated carbocycles. The molecule has 0 unspecified atom stereocenters. The first-order valence-corrected chi connectivity index (χ1v) is 9.22. The summed E-state index contributed by atoms with van der Waals surface area (Å²) in [6.45, 7) is 2.68. The van der Waals surface area contributed by atoms with Gasteiger partial charge in [0, 0.05) is 4.91 Å². The number of hydrogen-bond donors (Lipinski definition) is 1. The first kappa shape index (κ1) is 19.4. The number of ether oxygens (including phenoxy) is 2. The third-order valence-electron chi connectivity index (χ3n) is 5.01. The maximum Gasteiger partial charge on any atom is 0.111 e. The summed E-state index contributed by atoms with van der Waals surface area (Å²) in [4.78, 5) is 2.98. The van der Waals surface area contributed by atoms with Crippen molar-refractivity contribution in [2.45, 2.75) is 50.9 Å². The number of azide groups is 1. The van der Waals surface area contributed by atoms with Gasteiger partial charge in [0.15, 0.2) is 0 Å². The van der Waals surface area contributed by atoms with Gasteiger partial charge in [0.2, 0.25) is 0 Å². The fourth-order valence-electron chi connectivity index (χ4n) is 3.50. The number of aliphatic hydroxyl groups is 1. The second kappa shape index (κ2) is 9.53. The Labute approximate surface area is 159 Å². The molecule has 5 atom stereocenters. The van der Waals surface area contributed by atoms with Gasteiger partial charge in [-0.15, -0.1) is 0 Å². The van der Waals surface area contributed by atoms with E-state index in [1.807, 2.05) is 67.6 Å². The zero-order chi connectivity index (χ0) is 19.1. The smallest absolute Gasteiger partial charge is 0.111 e. The van der Waals surface area contributed by atoms with Crippen LogP contribution in [0.15, 0.2) is 65.8 Å². The minimum Gasteiger partial charge on any atom is -0.390 e. The summed E-state index contributed by atoms with van der Waals surface area (Å²) in [5.41, 5.74) is 11.0. The quantitative estimate of drug-likeness (QED) is 0.451. The monoisotopic (exact) mass is 367 g/mol. The van der Waals surface area contributed by atoms with E-state index in [9.17, 15) is 5.11 Å². The summed E-state index contributed by atoms with van der Waals surface area (Å²) in [6.07, 6.45) is -1.18. The number of benzene rings is 2. The maximum atomic E-state index is 10.7. The Bertz CT molecular complexity index is 750. The summed E-state index contributed by atoms with van der Waals surface area (Å²) in [5, 5.41) is 14.7. The van der Waals surface area contributed by atoms with Crippen LogP contribution >= 0.6 is 0 Å². The van der Waals surface area contributed by atoms with Crippen LogP contribution in [0.4, 0.5) is 0 Å². The van der Waals surface area contributed by atoms with Gasteiger partial charge in [-0.3, -0.25) is 0 Å². The molecular formula is C21H25N3O3. The first-order chi connectivity index (χ1) is 13.2. The largest absolute Gasteiger partial charge is 0.390 e. The summed E-state index contributed by atoms with van der Waals surface area (Å²) >= 11 is 0. The predicted molar refractivity (Wildman–Crippen MR) is 103 cm³/mol. The summed E-state index contributed by atoms with van der Waals surface area (Å²) in [6, 6.07) is 19.2. The Kier molecular flexibility index (Phi) is 6.85. The van der Waals surface area contributed by atoms with Crippen molar-refractivity contribution < 1.29 is 14.6 Å². The Balaban J connectivity index is 1.76. The van der Waals surface area contributed by atoms with Gasteiger partial charge in [0.05, 0.1) is 31.5 Å². The molecule has 0 saturated heterocycles. The van der Waals surface area contributed by atoms with Crippen molar-refractivity contribution in [1.82, 2.24) is 0 Å². The molecule has 2 aromatic carbocycles. The second-order valence-corrected chi connectivity index (χ2v) is 7.00. The van der Waals surface area contributed by atoms with Gasteiger partial charge in [0.1, 0.15) is 6.10 Å². The lowest BCUT2D eigenvalue weighted by Crippen LogP contribution is -2.54. The van der Waals surface area contributed by atoms with Gasteiger partial charge in [-0.1, -0.05) is 72.7 Å². The van der Waals surface area contributed by atoms with Crippen molar-refractivity contribution in [2.24, 2.45) is 11.0 Å². The fraction of sp³-hybridized carbons (Fsp3) is 0.429. The van der Waals surface area contributed by atoms with Crippen LogP contribution in [0, 0.1) is 5.92 Å². The molecule has 0 aliphatic heterocycles. The molecule has 3 rings (SSSR count). The minimum atomic E-state index is -0.681. The van der Waals surface area contributed by atoms with Crippen LogP contribution in [0.25, 0.3) is 10.4 Å². The molecular weight excluding hydrogens is 342 g/mol. The van der Waals surface area contributed by atoms with Crippen LogP contribution in [0.5, 0.6) is 0 Å². The standard InChI is InChI=1S/C21H25N3O3/c1-15-12-18(23-24-22)20(26-13-16-8-4-2-5-9-16)21(19(15)25)27-14-17-10-6-3-7-11-17/h2-11,15,18-21,25H,12-14H2,1H3/t15-,18-,19-,20-,21-/m1/s1. The topological polar surface area (TPSA) is 87.5 Å². The Morgan fingerprint density at radius 2 is 1.48 bits per heavy atom. The molecule has 0 radical (unpaired) electrons. The van der Waals surface area contributed by atoms with Crippen LogP contribution in [0.3, 0.4) is 0 Å². The number of hydrogen-bond acceptors (Lipinski definition) is 4. The molecule has 1 fully saturated rings. The molecule has 2 aromatic rings. The van der Waals surface area contributed by atoms with Gasteiger partial charge in [-0.2, -0.15) is 0 Å². The van der Waals surface area contributed by atoms with Crippen molar-refractivity contribution in [3.8, 4) is 0 Å². The Morgan fingerprint density at radius 1 is 0.963 bits per heavy atom. The minimum absolute atomic E-state index is 0.0437. The highest BCUT2D eigenvalue weighted by Crippen LogP contribution is 2.32. The van der Waals surface area contributed by atoms with Crippen molar-refractivity contribution in [3.05, 3.63) is 82.2 Å². The molecule has 0 amide bonds. The third kappa shape index (κ3) is 5.08. The fourth-order valence-corrected chi connectivity index (χ4v) is 3.50. The van der Waals surface area contributed by atoms with Crippen LogP contribution < -0.4 is 0 Å². The molecule has 0 heterocycles. The van der Waals surface area contributed by atoms with Crippen molar-refractivity contribution in [2.75, 3.05) is 0 Å². The number of nitrogens with zero attached hydrogens (tertiary/aromatic N) is 3. The van der Waals surface area contributed by atoms with E-state index < -0.39 is 18.3 Å². The molecule has 27 heavy (non-hydrogen) atoms. The number of aliphatic hydroxyl groups excluding tert-OH is 1. The predicted octanol–water partition coefficient (Wildman–Crippen LogP) is 4.24. The molecule has 0 bridgehead atoms. The third-order valence-corrected chi connectivity index (χ3v) is 5.01. The highest BCUT2D eigenvalue weighted by molar-refractivity contribution is 5.14. The Hall–Kier alpha value is -2.37. The summed E-state index contributed by atoms with van der Waals surface area (Å²) < 4.78 is 12.2. The lowest BCUT2D eigenvalue weighted by Gasteiger charge is -2.42. The SMILES string of the molecule is C[C@@H]1C[C@@H](N=[N+]=[N-])[C@@H](OCc2ccccc2)[C@H](OCc2ccccc2)[C@@H]1O. The molecule has 1 aliphatic carbocycles. The molecule has 1 aliphatic rings. The average Bonchev–Trinajstić information content (AvgIpc) is 2.70. The van der Waals surface area contributed by atoms with Crippen LogP contribution in [0.1, 0.15) is 24.5 Å². The lowest BCUT2D eigenvalue weighted by atomic mass is 9.80. The average molecular weight is 367 g/mol. The summed E-state index contributed by atoms with van der Waals surface area (Å²) in [5.74, 6) is -0.0437. The molecule has 1 N–H and O–H groups in total. The zero-order valence-corrected chi connectivity index (χ0v) is 15.4. The molecule has 142 valence electrons. The van der Waals surface area contributed by atoms with Crippen LogP contribution in [0.2, 0.25) is 0 Å². The normalized spacial score (nSPS) is 27.7. The maximum absolute atomic E-state index is 10.7. The molecule has 0 aromatic heterocycles. The van der Waals surface area contributed by atoms with Gasteiger partial charge in [-0.25, -0.2) is 0 Å². The summed E-state index contributed by atoms with van der Waals surface area (Å²) in [7, 11) is 0. The van der Waals surface area contributed by atoms with E-state index in [2.05, 4.69) is 10.0 Å². The van der Waals surface area contributed by atoms with Crippen LogP contribution in [-0.2, 0) is 22.7 Å². The number of rotatable bonds is 7. The molecule has 6 nitrogen and oxygen atoms in total. The van der Waals surface area contributed by atoms with E-state index in [0.29, 0.717) is 19.6 Å². The van der Waals surface area contributed by atoms with Crippen LogP contribution in [-0.4, -0.2) is 29.5 Å². The zero-order valence-electron chi connectivity index (χ0n) is 15.4. The lowest BCUT2D eigenvalue weighted by molar-refractivity contribution is -0.171. The van der Waals surface area contributed by atoms with E-state index in [1.54, 1.807) is 0 Å². The van der Waals surface area contributed by atoms with E-state index in [0.717, 1.165) is 11.1 Å². The molecule has 6 heteroatoms. The van der Waals surface area contributed by atoms with E-state index >= 15 is 0 Å². The second-order valence-electron chi connectivity index (χ2n) is 7.00. The van der Waals surface area contributed by atoms with Gasteiger partial charge < -0.3 is 14.6 Å². The highest BCUT2D eigenvalue weighted by atomic mass is 16.5. The van der Waals surface area contributed by atoms with Crippen molar-refractivity contribution in [3.63, 3.8) is 0 Å². The van der Waals surface area contributed by atoms with E-state index in [-0.39, 0.29) is 12.0 Å². The Morgan fingerprint density at radius 3 is 2.00 bits per heavy atom. The highest BCUT2D eigenvalue weighted by Gasteiger charge is 2.43. The van der Waals surface area contributed by atoms with Gasteiger partial charge >= 0.3 is 0 Å². The van der Waals surface area contributed by atoms with Gasteiger partial charge in [0.25, 0.3) is 0 Å². The molecule has 0 spiro atoms. The first-order valence-electron chi connectivity index (χ1n) is 9.22. The van der Waals surface area contributed by atoms with E-state index in [1.165, 1.54) is 0 Å². The van der Waals surface area contributed by atoms with E-state index in [4.69, 9.17) is 15.0 Å².